The van der Waals surface area contributed by atoms with Crippen molar-refractivity contribution in [3.8, 4) is 5.75 Å². The van der Waals surface area contributed by atoms with E-state index in [1.807, 2.05) is 19.1 Å². The third-order valence-electron chi connectivity index (χ3n) is 3.55. The van der Waals surface area contributed by atoms with Crippen molar-refractivity contribution in [3.05, 3.63) is 59.7 Å². The van der Waals surface area contributed by atoms with Crippen LogP contribution in [0.25, 0.3) is 0 Å². The highest BCUT2D eigenvalue weighted by molar-refractivity contribution is 5.95. The molecule has 2 aromatic rings. The molecule has 7 nitrogen and oxygen atoms in total. The zero-order valence-corrected chi connectivity index (χ0v) is 14.6. The molecule has 0 fully saturated rings. The molecule has 0 saturated heterocycles. The first kappa shape index (κ1) is 19.0. The number of nitrogens with zero attached hydrogens (tertiary/aromatic N) is 1. The molecule has 2 aromatic carbocycles. The lowest BCUT2D eigenvalue weighted by Gasteiger charge is -2.17. The van der Waals surface area contributed by atoms with Crippen molar-refractivity contribution in [2.45, 2.75) is 6.92 Å². The Bertz CT molecular complexity index is 802. The minimum atomic E-state index is -0.730. The van der Waals surface area contributed by atoms with E-state index < -0.39 is 18.5 Å². The molecule has 0 atom stereocenters. The molecule has 0 aliphatic rings. The van der Waals surface area contributed by atoms with Crippen LogP contribution >= 0.6 is 0 Å². The Morgan fingerprint density at radius 2 is 1.81 bits per heavy atom. The summed E-state index contributed by atoms with van der Waals surface area (Å²) in [5, 5.41) is 12.0. The first-order valence-corrected chi connectivity index (χ1v) is 7.92. The number of rotatable bonds is 6. The fraction of sp³-hybridized carbons (Fsp3) is 0.211. The van der Waals surface area contributed by atoms with Gasteiger partial charge in [-0.3, -0.25) is 9.59 Å². The summed E-state index contributed by atoms with van der Waals surface area (Å²) >= 11 is 0. The van der Waals surface area contributed by atoms with E-state index in [1.165, 1.54) is 36.2 Å². The average Bonchev–Trinajstić information content (AvgIpc) is 2.61. The molecule has 2 N–H and O–H groups in total. The van der Waals surface area contributed by atoms with Crippen LogP contribution in [0, 0.1) is 6.92 Å². The zero-order chi connectivity index (χ0) is 19.1. The summed E-state index contributed by atoms with van der Waals surface area (Å²) in [5.41, 5.74) is 1.85. The van der Waals surface area contributed by atoms with Crippen molar-refractivity contribution in [1.82, 2.24) is 4.90 Å². The van der Waals surface area contributed by atoms with Crippen LogP contribution in [0.5, 0.6) is 5.75 Å². The van der Waals surface area contributed by atoms with Crippen molar-refractivity contribution in [2.75, 3.05) is 25.5 Å². The van der Waals surface area contributed by atoms with Gasteiger partial charge in [0, 0.05) is 12.7 Å². The van der Waals surface area contributed by atoms with Gasteiger partial charge in [-0.2, -0.15) is 0 Å². The van der Waals surface area contributed by atoms with Gasteiger partial charge in [-0.15, -0.1) is 0 Å². The fourth-order valence-electron chi connectivity index (χ4n) is 2.09. The third-order valence-corrected chi connectivity index (χ3v) is 3.55. The number of nitrogens with one attached hydrogen (secondary N) is 1. The lowest BCUT2D eigenvalue weighted by atomic mass is 10.2. The van der Waals surface area contributed by atoms with Crippen LogP contribution in [-0.4, -0.2) is 48.0 Å². The smallest absolute Gasteiger partial charge is 0.338 e. The predicted octanol–water partition coefficient (Wildman–Crippen LogP) is 1.95. The zero-order valence-electron chi connectivity index (χ0n) is 14.6. The molecular formula is C19H20N2O5. The Kier molecular flexibility index (Phi) is 6.32. The number of hydrogen-bond acceptors (Lipinski definition) is 5. The van der Waals surface area contributed by atoms with Crippen molar-refractivity contribution in [3.63, 3.8) is 0 Å². The van der Waals surface area contributed by atoms with E-state index in [1.54, 1.807) is 12.1 Å². The van der Waals surface area contributed by atoms with Crippen LogP contribution in [0.4, 0.5) is 5.69 Å². The number of benzene rings is 2. The van der Waals surface area contributed by atoms with Crippen LogP contribution < -0.4 is 5.32 Å². The molecule has 2 rings (SSSR count). The van der Waals surface area contributed by atoms with Crippen molar-refractivity contribution >= 4 is 23.5 Å². The third kappa shape index (κ3) is 5.62. The van der Waals surface area contributed by atoms with Crippen LogP contribution in [0.1, 0.15) is 15.9 Å². The van der Waals surface area contributed by atoms with Gasteiger partial charge >= 0.3 is 5.97 Å². The maximum Gasteiger partial charge on any atom is 0.338 e. The highest BCUT2D eigenvalue weighted by Crippen LogP contribution is 2.12. The Labute approximate surface area is 151 Å². The summed E-state index contributed by atoms with van der Waals surface area (Å²) in [4.78, 5) is 37.0. The molecule has 0 aliphatic carbocycles. The minimum Gasteiger partial charge on any atom is -0.508 e. The van der Waals surface area contributed by atoms with Crippen LogP contribution in [0.3, 0.4) is 0 Å². The summed E-state index contributed by atoms with van der Waals surface area (Å²) in [7, 11) is 1.44. The second kappa shape index (κ2) is 8.66. The summed E-state index contributed by atoms with van der Waals surface area (Å²) < 4.78 is 4.91. The molecule has 2 amide bonds. The molecule has 26 heavy (non-hydrogen) atoms. The van der Waals surface area contributed by atoms with E-state index >= 15 is 0 Å². The van der Waals surface area contributed by atoms with E-state index in [0.29, 0.717) is 5.69 Å². The lowest BCUT2D eigenvalue weighted by molar-refractivity contribution is -0.136. The SMILES string of the molecule is Cc1ccc(NC(=O)CN(C)C(=O)COC(=O)c2cccc(O)c2)cc1. The molecule has 0 heterocycles. The molecule has 0 bridgehead atoms. The number of phenolic OH excluding ortho intramolecular Hbond substituents is 1. The second-order valence-electron chi connectivity index (χ2n) is 5.79. The van der Waals surface area contributed by atoms with Gasteiger partial charge in [0.05, 0.1) is 12.1 Å². The molecule has 0 aromatic heterocycles. The summed E-state index contributed by atoms with van der Waals surface area (Å²) in [6.07, 6.45) is 0. The predicted molar refractivity (Wildman–Crippen MR) is 95.8 cm³/mol. The molecular weight excluding hydrogens is 336 g/mol. The summed E-state index contributed by atoms with van der Waals surface area (Å²) in [6, 6.07) is 12.9. The molecule has 0 saturated carbocycles. The largest absolute Gasteiger partial charge is 0.508 e. The van der Waals surface area contributed by atoms with E-state index in [4.69, 9.17) is 4.74 Å². The molecule has 7 heteroatoms. The molecule has 136 valence electrons. The Balaban J connectivity index is 1.80. The number of carbonyl (C=O) groups is 3. The standard InChI is InChI=1S/C19H20N2O5/c1-13-6-8-15(9-7-13)20-17(23)11-21(2)18(24)12-26-19(25)14-4-3-5-16(22)10-14/h3-10,22H,11-12H2,1-2H3,(H,20,23). The number of phenols is 1. The number of ether oxygens (including phenoxy) is 1. The topological polar surface area (TPSA) is 95.9 Å². The first-order chi connectivity index (χ1) is 12.3. The average molecular weight is 356 g/mol. The number of likely N-dealkylation sites (N-methyl/N-ethyl adjacent to an activating group) is 1. The molecule has 0 spiro atoms. The highest BCUT2D eigenvalue weighted by Gasteiger charge is 2.16. The number of carbonyl (C=O) groups excluding carboxylic acids is 3. The summed E-state index contributed by atoms with van der Waals surface area (Å²) in [6.45, 7) is 1.27. The number of anilines is 1. The van der Waals surface area contributed by atoms with Gasteiger partial charge in [-0.1, -0.05) is 23.8 Å². The Morgan fingerprint density at radius 3 is 2.46 bits per heavy atom. The van der Waals surface area contributed by atoms with E-state index in [-0.39, 0.29) is 23.8 Å². The molecule has 0 unspecified atom stereocenters. The normalized spacial score (nSPS) is 10.1. The quantitative estimate of drug-likeness (QED) is 0.772. The number of esters is 1. The van der Waals surface area contributed by atoms with E-state index in [9.17, 15) is 19.5 Å². The highest BCUT2D eigenvalue weighted by atomic mass is 16.5. The van der Waals surface area contributed by atoms with Crippen LogP contribution in [0.2, 0.25) is 0 Å². The molecule has 0 radical (unpaired) electrons. The number of aromatic hydroxyl groups is 1. The van der Waals surface area contributed by atoms with Gasteiger partial charge < -0.3 is 20.1 Å². The maximum absolute atomic E-state index is 12.0. The maximum atomic E-state index is 12.0. The van der Waals surface area contributed by atoms with Crippen molar-refractivity contribution in [2.24, 2.45) is 0 Å². The Morgan fingerprint density at radius 1 is 1.12 bits per heavy atom. The van der Waals surface area contributed by atoms with Crippen molar-refractivity contribution in [1.29, 1.82) is 0 Å². The fourth-order valence-corrected chi connectivity index (χ4v) is 2.09. The van der Waals surface area contributed by atoms with E-state index in [0.717, 1.165) is 5.56 Å². The van der Waals surface area contributed by atoms with Crippen LogP contribution in [-0.2, 0) is 14.3 Å². The van der Waals surface area contributed by atoms with Gasteiger partial charge in [0.1, 0.15) is 5.75 Å². The van der Waals surface area contributed by atoms with Gasteiger partial charge in [-0.25, -0.2) is 4.79 Å². The van der Waals surface area contributed by atoms with Gasteiger partial charge in [0.2, 0.25) is 5.91 Å². The number of amides is 2. The molecule has 0 aliphatic heterocycles. The second-order valence-corrected chi connectivity index (χ2v) is 5.79. The minimum absolute atomic E-state index is 0.0735. The van der Waals surface area contributed by atoms with Gasteiger partial charge in [0.25, 0.3) is 5.91 Å². The number of aryl methyl sites for hydroxylation is 1. The lowest BCUT2D eigenvalue weighted by Crippen LogP contribution is -2.37. The monoisotopic (exact) mass is 356 g/mol. The number of hydrogen-bond donors (Lipinski definition) is 2. The van der Waals surface area contributed by atoms with Crippen LogP contribution in [0.15, 0.2) is 48.5 Å². The first-order valence-electron chi connectivity index (χ1n) is 7.92. The van der Waals surface area contributed by atoms with Gasteiger partial charge in [-0.05, 0) is 37.3 Å². The Hall–Kier alpha value is -3.35. The van der Waals surface area contributed by atoms with E-state index in [2.05, 4.69) is 5.32 Å². The summed E-state index contributed by atoms with van der Waals surface area (Å²) in [5.74, 6) is -1.68. The van der Waals surface area contributed by atoms with Gasteiger partial charge in [0.15, 0.2) is 6.61 Å². The van der Waals surface area contributed by atoms with Crippen molar-refractivity contribution < 1.29 is 24.2 Å².